The van der Waals surface area contributed by atoms with Crippen molar-refractivity contribution in [2.24, 2.45) is 0 Å². The zero-order valence-electron chi connectivity index (χ0n) is 11.7. The van der Waals surface area contributed by atoms with Crippen LogP contribution in [0.15, 0.2) is 48.5 Å². The van der Waals surface area contributed by atoms with Crippen molar-refractivity contribution in [1.29, 1.82) is 0 Å². The Balaban J connectivity index is 1.98. The van der Waals surface area contributed by atoms with Crippen LogP contribution in [0.25, 0.3) is 0 Å². The molecule has 1 N–H and O–H groups in total. The second-order valence-electron chi connectivity index (χ2n) is 4.95. The van der Waals surface area contributed by atoms with E-state index in [0.29, 0.717) is 11.4 Å². The third-order valence-electron chi connectivity index (χ3n) is 3.31. The lowest BCUT2D eigenvalue weighted by Gasteiger charge is -2.16. The summed E-state index contributed by atoms with van der Waals surface area (Å²) in [5, 5.41) is 3.71. The number of rotatable bonds is 4. The van der Waals surface area contributed by atoms with Crippen LogP contribution < -0.4 is 5.32 Å². The van der Waals surface area contributed by atoms with Crippen molar-refractivity contribution in [1.82, 2.24) is 5.32 Å². The second-order valence-corrected chi connectivity index (χ2v) is 5.39. The largest absolute Gasteiger partial charge is 0.349 e. The van der Waals surface area contributed by atoms with Crippen molar-refractivity contribution >= 4 is 17.5 Å². The third kappa shape index (κ3) is 3.84. The van der Waals surface area contributed by atoms with Gasteiger partial charge in [0.1, 0.15) is 0 Å². The summed E-state index contributed by atoms with van der Waals surface area (Å²) in [4.78, 5) is 12.0. The Labute approximate surface area is 124 Å². The molecule has 1 unspecified atom stereocenters. The highest BCUT2D eigenvalue weighted by Crippen LogP contribution is 2.17. The highest BCUT2D eigenvalue weighted by atomic mass is 35.5. The molecule has 2 aromatic carbocycles. The topological polar surface area (TPSA) is 29.1 Å². The Kier molecular flexibility index (Phi) is 4.80. The van der Waals surface area contributed by atoms with Crippen LogP contribution in [0.3, 0.4) is 0 Å². The molecule has 1 atom stereocenters. The molecule has 0 radical (unpaired) electrons. The predicted molar refractivity (Wildman–Crippen MR) is 82.9 cm³/mol. The van der Waals surface area contributed by atoms with E-state index < -0.39 is 0 Å². The zero-order chi connectivity index (χ0) is 14.5. The number of hydrogen-bond donors (Lipinski definition) is 1. The van der Waals surface area contributed by atoms with Crippen LogP contribution in [-0.4, -0.2) is 5.91 Å². The van der Waals surface area contributed by atoms with E-state index in [0.717, 1.165) is 11.1 Å². The number of nitrogens with one attached hydrogen (secondary N) is 1. The molecule has 2 rings (SSSR count). The molecule has 0 saturated heterocycles. The molecule has 0 aliphatic rings. The summed E-state index contributed by atoms with van der Waals surface area (Å²) < 4.78 is 0. The Bertz CT molecular complexity index is 592. The number of carbonyl (C=O) groups excluding carboxylic acids is 1. The van der Waals surface area contributed by atoms with Crippen molar-refractivity contribution in [2.75, 3.05) is 0 Å². The van der Waals surface area contributed by atoms with Gasteiger partial charge < -0.3 is 5.32 Å². The minimum absolute atomic E-state index is 0.0102. The van der Waals surface area contributed by atoms with Crippen molar-refractivity contribution in [3.05, 3.63) is 70.2 Å². The number of amides is 1. The van der Waals surface area contributed by atoms with Crippen LogP contribution in [0.1, 0.15) is 29.7 Å². The maximum absolute atomic E-state index is 12.0. The molecule has 0 fully saturated rings. The Morgan fingerprint density at radius 1 is 1.15 bits per heavy atom. The highest BCUT2D eigenvalue weighted by molar-refractivity contribution is 6.30. The maximum Gasteiger partial charge on any atom is 0.224 e. The molecule has 0 saturated carbocycles. The quantitative estimate of drug-likeness (QED) is 0.902. The first-order chi connectivity index (χ1) is 9.56. The van der Waals surface area contributed by atoms with Gasteiger partial charge in [-0.3, -0.25) is 4.79 Å². The average molecular weight is 288 g/mol. The molecule has 0 aromatic heterocycles. The summed E-state index contributed by atoms with van der Waals surface area (Å²) in [5.41, 5.74) is 3.30. The second kappa shape index (κ2) is 6.58. The van der Waals surface area contributed by atoms with Gasteiger partial charge in [0.05, 0.1) is 12.5 Å². The van der Waals surface area contributed by atoms with E-state index in [9.17, 15) is 4.79 Å². The van der Waals surface area contributed by atoms with Gasteiger partial charge in [-0.25, -0.2) is 0 Å². The first-order valence-electron chi connectivity index (χ1n) is 6.65. The minimum atomic E-state index is 0.0102. The van der Waals surface area contributed by atoms with Crippen molar-refractivity contribution < 1.29 is 4.79 Å². The van der Waals surface area contributed by atoms with Gasteiger partial charge in [0, 0.05) is 5.02 Å². The van der Waals surface area contributed by atoms with Crippen molar-refractivity contribution in [2.45, 2.75) is 26.3 Å². The zero-order valence-corrected chi connectivity index (χ0v) is 12.4. The lowest BCUT2D eigenvalue weighted by molar-refractivity contribution is -0.121. The summed E-state index contributed by atoms with van der Waals surface area (Å²) in [5.74, 6) is 0.0167. The monoisotopic (exact) mass is 287 g/mol. The number of benzene rings is 2. The fourth-order valence-electron chi connectivity index (χ4n) is 2.23. The van der Waals surface area contributed by atoms with E-state index in [1.807, 2.05) is 37.3 Å². The summed E-state index contributed by atoms with van der Waals surface area (Å²) in [6.45, 7) is 4.05. The van der Waals surface area contributed by atoms with Gasteiger partial charge in [0.15, 0.2) is 0 Å². The number of hydrogen-bond acceptors (Lipinski definition) is 1. The van der Waals surface area contributed by atoms with Gasteiger partial charge in [-0.15, -0.1) is 0 Å². The van der Waals surface area contributed by atoms with Gasteiger partial charge in [0.2, 0.25) is 5.91 Å². The number of carbonyl (C=O) groups is 1. The first kappa shape index (κ1) is 14.6. The molecule has 0 aliphatic carbocycles. The van der Waals surface area contributed by atoms with Crippen LogP contribution in [0.4, 0.5) is 0 Å². The molecule has 1 amide bonds. The summed E-state index contributed by atoms with van der Waals surface area (Å²) in [7, 11) is 0. The van der Waals surface area contributed by atoms with E-state index >= 15 is 0 Å². The van der Waals surface area contributed by atoms with E-state index in [1.165, 1.54) is 5.56 Å². The minimum Gasteiger partial charge on any atom is -0.349 e. The summed E-state index contributed by atoms with van der Waals surface area (Å²) in [6, 6.07) is 15.5. The van der Waals surface area contributed by atoms with Crippen LogP contribution >= 0.6 is 11.6 Å². The van der Waals surface area contributed by atoms with Gasteiger partial charge >= 0.3 is 0 Å². The third-order valence-corrected chi connectivity index (χ3v) is 3.56. The summed E-state index contributed by atoms with van der Waals surface area (Å²) in [6.07, 6.45) is 0.368. The molecule has 20 heavy (non-hydrogen) atoms. The van der Waals surface area contributed by atoms with E-state index in [2.05, 4.69) is 18.3 Å². The van der Waals surface area contributed by atoms with Crippen molar-refractivity contribution in [3.63, 3.8) is 0 Å². The normalized spacial score (nSPS) is 11.9. The molecular weight excluding hydrogens is 270 g/mol. The fraction of sp³-hybridized carbons (Fsp3) is 0.235. The average Bonchev–Trinajstić information content (AvgIpc) is 2.41. The van der Waals surface area contributed by atoms with Crippen LogP contribution in [0.5, 0.6) is 0 Å². The molecule has 0 heterocycles. The number of halogens is 1. The van der Waals surface area contributed by atoms with Crippen LogP contribution in [0.2, 0.25) is 5.02 Å². The van der Waals surface area contributed by atoms with Crippen LogP contribution in [-0.2, 0) is 11.2 Å². The predicted octanol–water partition coefficient (Wildman–Crippen LogP) is 4.07. The summed E-state index contributed by atoms with van der Waals surface area (Å²) >= 11 is 5.83. The molecule has 0 spiro atoms. The molecule has 2 nitrogen and oxygen atoms in total. The lowest BCUT2D eigenvalue weighted by atomic mass is 10.0. The Hall–Kier alpha value is -1.80. The maximum atomic E-state index is 12.0. The number of aryl methyl sites for hydroxylation is 1. The van der Waals surface area contributed by atoms with E-state index in [-0.39, 0.29) is 11.9 Å². The van der Waals surface area contributed by atoms with Gasteiger partial charge in [-0.2, -0.15) is 0 Å². The lowest BCUT2D eigenvalue weighted by Crippen LogP contribution is -2.28. The molecule has 2 aromatic rings. The highest BCUT2D eigenvalue weighted by Gasteiger charge is 2.11. The standard InChI is InChI=1S/C17H18ClNO/c1-12-5-3-4-6-16(12)13(2)19-17(20)11-14-7-9-15(18)10-8-14/h3-10,13H,11H2,1-2H3,(H,19,20). The smallest absolute Gasteiger partial charge is 0.224 e. The fourth-order valence-corrected chi connectivity index (χ4v) is 2.36. The Morgan fingerprint density at radius 3 is 2.45 bits per heavy atom. The van der Waals surface area contributed by atoms with Gasteiger partial charge in [-0.05, 0) is 42.7 Å². The van der Waals surface area contributed by atoms with Crippen molar-refractivity contribution in [3.8, 4) is 0 Å². The molecule has 104 valence electrons. The van der Waals surface area contributed by atoms with Gasteiger partial charge in [-0.1, -0.05) is 48.0 Å². The van der Waals surface area contributed by atoms with E-state index in [1.54, 1.807) is 12.1 Å². The van der Waals surface area contributed by atoms with Crippen LogP contribution in [0, 0.1) is 6.92 Å². The Morgan fingerprint density at radius 2 is 1.80 bits per heavy atom. The molecule has 0 bridgehead atoms. The van der Waals surface area contributed by atoms with Gasteiger partial charge in [0.25, 0.3) is 0 Å². The molecule has 0 aliphatic heterocycles. The molecule has 3 heteroatoms. The first-order valence-corrected chi connectivity index (χ1v) is 7.03. The SMILES string of the molecule is Cc1ccccc1C(C)NC(=O)Cc1ccc(Cl)cc1. The van der Waals surface area contributed by atoms with E-state index in [4.69, 9.17) is 11.6 Å². The molecular formula is C17H18ClNO.